The lowest BCUT2D eigenvalue weighted by Gasteiger charge is -2.36. The van der Waals surface area contributed by atoms with Gasteiger partial charge in [0.25, 0.3) is 11.8 Å². The van der Waals surface area contributed by atoms with E-state index in [4.69, 9.17) is 4.74 Å². The van der Waals surface area contributed by atoms with Crippen molar-refractivity contribution in [3.05, 3.63) is 72.3 Å². The summed E-state index contributed by atoms with van der Waals surface area (Å²) in [6, 6.07) is 13.7. The van der Waals surface area contributed by atoms with Gasteiger partial charge in [-0.25, -0.2) is 14.4 Å². The minimum atomic E-state index is -0.244. The van der Waals surface area contributed by atoms with E-state index in [-0.39, 0.29) is 11.7 Å². The number of carbonyl (C=O) groups is 1. The van der Waals surface area contributed by atoms with E-state index < -0.39 is 0 Å². The van der Waals surface area contributed by atoms with Gasteiger partial charge in [-0.05, 0) is 67.3 Å². The van der Waals surface area contributed by atoms with Gasteiger partial charge in [-0.15, -0.1) is 0 Å². The summed E-state index contributed by atoms with van der Waals surface area (Å²) in [5.41, 5.74) is 1.60. The first-order valence-corrected chi connectivity index (χ1v) is 12.2. The molecule has 0 radical (unpaired) electrons. The van der Waals surface area contributed by atoms with Crippen molar-refractivity contribution < 1.29 is 13.9 Å². The van der Waals surface area contributed by atoms with Crippen LogP contribution >= 0.6 is 0 Å². The standard InChI is InChI=1S/C27H30FN5O2/c1-20-10-14-32(15-11-20)25-26(30-13-12-29-25)35-24-8-2-21(3-9-24)27(34)33-18-16-31(17-19-33)23-6-4-22(28)5-7-23/h2-9,12-13,20H,10-11,14-19H2,1H3. The van der Waals surface area contributed by atoms with Crippen molar-refractivity contribution in [3.8, 4) is 11.6 Å². The second-order valence-electron chi connectivity index (χ2n) is 9.24. The predicted molar refractivity (Wildman–Crippen MR) is 134 cm³/mol. The molecule has 8 heteroatoms. The molecule has 7 nitrogen and oxygen atoms in total. The van der Waals surface area contributed by atoms with Crippen LogP contribution in [0.3, 0.4) is 0 Å². The van der Waals surface area contributed by atoms with Gasteiger partial charge in [-0.2, -0.15) is 0 Å². The van der Waals surface area contributed by atoms with Crippen LogP contribution in [-0.4, -0.2) is 60.0 Å². The maximum absolute atomic E-state index is 13.2. The number of hydrogen-bond acceptors (Lipinski definition) is 6. The number of carbonyl (C=O) groups excluding carboxylic acids is 1. The van der Waals surface area contributed by atoms with Gasteiger partial charge in [0.05, 0.1) is 0 Å². The van der Waals surface area contributed by atoms with E-state index in [0.717, 1.165) is 43.4 Å². The fraction of sp³-hybridized carbons (Fsp3) is 0.370. The third-order valence-electron chi connectivity index (χ3n) is 6.80. The zero-order valence-electron chi connectivity index (χ0n) is 19.9. The van der Waals surface area contributed by atoms with Crippen molar-refractivity contribution >= 4 is 17.4 Å². The first-order chi connectivity index (χ1) is 17.1. The summed E-state index contributed by atoms with van der Waals surface area (Å²) in [4.78, 5) is 28.2. The number of halogens is 1. The largest absolute Gasteiger partial charge is 0.436 e. The number of benzene rings is 2. The SMILES string of the molecule is CC1CCN(c2nccnc2Oc2ccc(C(=O)N3CCN(c4ccc(F)cc4)CC3)cc2)CC1. The maximum atomic E-state index is 13.2. The monoisotopic (exact) mass is 475 g/mol. The molecule has 1 amide bonds. The summed E-state index contributed by atoms with van der Waals surface area (Å²) in [5, 5.41) is 0. The molecule has 0 bridgehead atoms. The van der Waals surface area contributed by atoms with E-state index in [0.29, 0.717) is 43.4 Å². The molecule has 3 heterocycles. The van der Waals surface area contributed by atoms with Crippen molar-refractivity contribution in [3.63, 3.8) is 0 Å². The first-order valence-electron chi connectivity index (χ1n) is 12.2. The Kier molecular flexibility index (Phi) is 6.79. The van der Waals surface area contributed by atoms with Gasteiger partial charge in [-0.3, -0.25) is 4.79 Å². The molecular weight excluding hydrogens is 445 g/mol. The van der Waals surface area contributed by atoms with Crippen LogP contribution in [0.4, 0.5) is 15.9 Å². The fourth-order valence-corrected chi connectivity index (χ4v) is 4.61. The molecule has 2 fully saturated rings. The molecule has 5 rings (SSSR count). The maximum Gasteiger partial charge on any atom is 0.263 e. The van der Waals surface area contributed by atoms with Crippen LogP contribution in [-0.2, 0) is 0 Å². The van der Waals surface area contributed by atoms with Gasteiger partial charge < -0.3 is 19.4 Å². The predicted octanol–water partition coefficient (Wildman–Crippen LogP) is 4.61. The minimum Gasteiger partial charge on any atom is -0.436 e. The smallest absolute Gasteiger partial charge is 0.263 e. The number of nitrogens with zero attached hydrogens (tertiary/aromatic N) is 5. The van der Waals surface area contributed by atoms with Crippen LogP contribution in [0, 0.1) is 11.7 Å². The number of piperazine rings is 1. The third-order valence-corrected chi connectivity index (χ3v) is 6.80. The zero-order valence-corrected chi connectivity index (χ0v) is 19.9. The van der Waals surface area contributed by atoms with E-state index in [1.807, 2.05) is 4.90 Å². The molecule has 0 N–H and O–H groups in total. The summed E-state index contributed by atoms with van der Waals surface area (Å²) >= 11 is 0. The average molecular weight is 476 g/mol. The van der Waals surface area contributed by atoms with Crippen molar-refractivity contribution in [2.24, 2.45) is 5.92 Å². The lowest BCUT2D eigenvalue weighted by atomic mass is 9.99. The van der Waals surface area contributed by atoms with Crippen molar-refractivity contribution in [1.82, 2.24) is 14.9 Å². The molecule has 0 atom stereocenters. The molecule has 1 aromatic heterocycles. The Bertz CT molecular complexity index is 1140. The normalized spacial score (nSPS) is 16.9. The molecule has 2 aromatic carbocycles. The Morgan fingerprint density at radius 3 is 2.20 bits per heavy atom. The lowest BCUT2D eigenvalue weighted by Crippen LogP contribution is -2.48. The van der Waals surface area contributed by atoms with E-state index in [1.54, 1.807) is 48.8 Å². The average Bonchev–Trinajstić information content (AvgIpc) is 2.90. The Balaban J connectivity index is 1.20. The number of ether oxygens (including phenoxy) is 1. The number of anilines is 2. The minimum absolute atomic E-state index is 0.00191. The number of piperidine rings is 1. The molecule has 0 unspecified atom stereocenters. The Morgan fingerprint density at radius 2 is 1.51 bits per heavy atom. The Labute approximate surface area is 205 Å². The highest BCUT2D eigenvalue weighted by Crippen LogP contribution is 2.31. The Morgan fingerprint density at radius 1 is 0.857 bits per heavy atom. The topological polar surface area (TPSA) is 61.8 Å². The molecule has 0 aliphatic carbocycles. The molecule has 182 valence electrons. The van der Waals surface area contributed by atoms with Gasteiger partial charge in [0.15, 0.2) is 5.82 Å². The molecule has 0 spiro atoms. The summed E-state index contributed by atoms with van der Waals surface area (Å²) in [5.74, 6) is 2.35. The van der Waals surface area contributed by atoms with Gasteiger partial charge in [0, 0.05) is 62.9 Å². The molecular formula is C27H30FN5O2. The van der Waals surface area contributed by atoms with Crippen LogP contribution in [0.25, 0.3) is 0 Å². The van der Waals surface area contributed by atoms with E-state index in [1.165, 1.54) is 12.1 Å². The van der Waals surface area contributed by atoms with Crippen LogP contribution in [0.1, 0.15) is 30.1 Å². The highest BCUT2D eigenvalue weighted by atomic mass is 19.1. The Hall–Kier alpha value is -3.68. The summed E-state index contributed by atoms with van der Waals surface area (Å²) in [6.45, 7) is 6.82. The number of hydrogen-bond donors (Lipinski definition) is 0. The quantitative estimate of drug-likeness (QED) is 0.537. The summed E-state index contributed by atoms with van der Waals surface area (Å²) in [6.07, 6.45) is 5.59. The molecule has 2 saturated heterocycles. The van der Waals surface area contributed by atoms with Crippen molar-refractivity contribution in [1.29, 1.82) is 0 Å². The van der Waals surface area contributed by atoms with Gasteiger partial charge in [0.2, 0.25) is 0 Å². The van der Waals surface area contributed by atoms with Crippen LogP contribution < -0.4 is 14.5 Å². The number of aromatic nitrogens is 2. The summed E-state index contributed by atoms with van der Waals surface area (Å²) in [7, 11) is 0. The second-order valence-corrected chi connectivity index (χ2v) is 9.24. The highest BCUT2D eigenvalue weighted by molar-refractivity contribution is 5.94. The van der Waals surface area contributed by atoms with E-state index >= 15 is 0 Å². The van der Waals surface area contributed by atoms with E-state index in [2.05, 4.69) is 26.7 Å². The third kappa shape index (κ3) is 5.37. The van der Waals surface area contributed by atoms with Crippen LogP contribution in [0.2, 0.25) is 0 Å². The van der Waals surface area contributed by atoms with E-state index in [9.17, 15) is 9.18 Å². The molecule has 0 saturated carbocycles. The molecule has 3 aromatic rings. The highest BCUT2D eigenvalue weighted by Gasteiger charge is 2.23. The lowest BCUT2D eigenvalue weighted by molar-refractivity contribution is 0.0747. The second kappa shape index (κ2) is 10.3. The van der Waals surface area contributed by atoms with Crippen LogP contribution in [0.15, 0.2) is 60.9 Å². The summed E-state index contributed by atoms with van der Waals surface area (Å²) < 4.78 is 19.3. The van der Waals surface area contributed by atoms with Gasteiger partial charge in [0.1, 0.15) is 11.6 Å². The molecule has 2 aliphatic rings. The van der Waals surface area contributed by atoms with Gasteiger partial charge >= 0.3 is 0 Å². The van der Waals surface area contributed by atoms with Crippen molar-refractivity contribution in [2.75, 3.05) is 49.1 Å². The van der Waals surface area contributed by atoms with Gasteiger partial charge in [-0.1, -0.05) is 6.92 Å². The molecule has 2 aliphatic heterocycles. The zero-order chi connectivity index (χ0) is 24.2. The van der Waals surface area contributed by atoms with Crippen molar-refractivity contribution in [2.45, 2.75) is 19.8 Å². The molecule has 35 heavy (non-hydrogen) atoms. The fourth-order valence-electron chi connectivity index (χ4n) is 4.61. The number of rotatable bonds is 5. The first kappa shape index (κ1) is 23.1. The van der Waals surface area contributed by atoms with Crippen LogP contribution in [0.5, 0.6) is 11.6 Å². The number of amides is 1.